The van der Waals surface area contributed by atoms with Gasteiger partial charge in [-0.3, -0.25) is 9.69 Å². The van der Waals surface area contributed by atoms with E-state index >= 15 is 0 Å². The van der Waals surface area contributed by atoms with Gasteiger partial charge in [0.05, 0.1) is 12.7 Å². The fourth-order valence-electron chi connectivity index (χ4n) is 3.41. The highest BCUT2D eigenvalue weighted by atomic mass is 16.5. The summed E-state index contributed by atoms with van der Waals surface area (Å²) in [7, 11) is 5.27. The molecule has 0 saturated carbocycles. The van der Waals surface area contributed by atoms with Crippen LogP contribution in [0.3, 0.4) is 0 Å². The van der Waals surface area contributed by atoms with E-state index in [0.29, 0.717) is 17.7 Å². The van der Waals surface area contributed by atoms with Crippen LogP contribution in [0.15, 0.2) is 48.5 Å². The minimum Gasteiger partial charge on any atom is -0.465 e. The Morgan fingerprint density at radius 2 is 1.69 bits per heavy atom. The number of amides is 1. The molecule has 0 aromatic heterocycles. The maximum atomic E-state index is 12.7. The number of hydrogen-bond acceptors (Lipinski definition) is 4. The molecule has 1 amide bonds. The van der Waals surface area contributed by atoms with E-state index in [1.54, 1.807) is 29.2 Å². The van der Waals surface area contributed by atoms with Gasteiger partial charge in [0.1, 0.15) is 0 Å². The first-order chi connectivity index (χ1) is 12.5. The first kappa shape index (κ1) is 18.1. The number of hydrogen-bond donors (Lipinski definition) is 0. The maximum absolute atomic E-state index is 12.7. The van der Waals surface area contributed by atoms with E-state index in [1.807, 2.05) is 7.05 Å². The molecule has 1 aliphatic heterocycles. The number of ether oxygens (including phenoxy) is 1. The summed E-state index contributed by atoms with van der Waals surface area (Å²) in [6.45, 7) is 1.55. The third kappa shape index (κ3) is 3.78. The van der Waals surface area contributed by atoms with Crippen LogP contribution < -0.4 is 0 Å². The Balaban J connectivity index is 1.67. The lowest BCUT2D eigenvalue weighted by Crippen LogP contribution is -2.46. The normalized spacial score (nSPS) is 16.7. The predicted molar refractivity (Wildman–Crippen MR) is 100 cm³/mol. The lowest BCUT2D eigenvalue weighted by Gasteiger charge is -2.36. The van der Waals surface area contributed by atoms with E-state index in [-0.39, 0.29) is 11.9 Å². The van der Waals surface area contributed by atoms with Gasteiger partial charge in [0.2, 0.25) is 0 Å². The van der Waals surface area contributed by atoms with Crippen LogP contribution in [0.1, 0.15) is 31.8 Å². The Hall–Kier alpha value is -2.66. The van der Waals surface area contributed by atoms with Crippen molar-refractivity contribution in [2.45, 2.75) is 19.0 Å². The highest BCUT2D eigenvalue weighted by Gasteiger charge is 2.25. The second kappa shape index (κ2) is 7.70. The highest BCUT2D eigenvalue weighted by molar-refractivity contribution is 5.96. The van der Waals surface area contributed by atoms with Crippen LogP contribution in [0.4, 0.5) is 0 Å². The molecule has 26 heavy (non-hydrogen) atoms. The number of carbonyl (C=O) groups is 2. The third-order valence-corrected chi connectivity index (χ3v) is 5.00. The zero-order valence-electron chi connectivity index (χ0n) is 15.4. The van der Waals surface area contributed by atoms with Gasteiger partial charge < -0.3 is 9.64 Å². The number of methoxy groups -OCH3 is 1. The molecular weight excluding hydrogens is 328 g/mol. The van der Waals surface area contributed by atoms with Crippen molar-refractivity contribution in [3.63, 3.8) is 0 Å². The predicted octanol–water partition coefficient (Wildman–Crippen LogP) is 2.60. The van der Waals surface area contributed by atoms with Crippen molar-refractivity contribution in [3.05, 3.63) is 70.8 Å². The second-order valence-electron chi connectivity index (χ2n) is 6.80. The standard InChI is InChI=1S/C21H24N2O3/c1-22-13-18-7-5-4-6-17(18)12-19(22)14-23(2)20(24)15-8-10-16(11-9-15)21(25)26-3/h4-11,19H,12-14H2,1-3H3/t19-/m1/s1. The fraction of sp³-hybridized carbons (Fsp3) is 0.333. The quantitative estimate of drug-likeness (QED) is 0.794. The fourth-order valence-corrected chi connectivity index (χ4v) is 3.41. The molecule has 5 nitrogen and oxygen atoms in total. The molecular formula is C21H24N2O3. The molecule has 5 heteroatoms. The molecule has 136 valence electrons. The van der Waals surface area contributed by atoms with Gasteiger partial charge in [0.15, 0.2) is 0 Å². The van der Waals surface area contributed by atoms with Gasteiger partial charge in [-0.15, -0.1) is 0 Å². The highest BCUT2D eigenvalue weighted by Crippen LogP contribution is 2.22. The molecule has 0 fully saturated rings. The summed E-state index contributed by atoms with van der Waals surface area (Å²) >= 11 is 0. The van der Waals surface area contributed by atoms with Crippen LogP contribution in [-0.4, -0.2) is 55.5 Å². The molecule has 3 rings (SSSR count). The molecule has 1 aliphatic rings. The van der Waals surface area contributed by atoms with E-state index in [2.05, 4.69) is 40.9 Å². The van der Waals surface area contributed by atoms with Gasteiger partial charge in [-0.25, -0.2) is 4.79 Å². The van der Waals surface area contributed by atoms with Crippen molar-refractivity contribution in [2.75, 3.05) is 27.7 Å². The zero-order valence-corrected chi connectivity index (χ0v) is 15.4. The average Bonchev–Trinajstić information content (AvgIpc) is 2.67. The van der Waals surface area contributed by atoms with E-state index in [1.165, 1.54) is 18.2 Å². The maximum Gasteiger partial charge on any atom is 0.337 e. The Kier molecular flexibility index (Phi) is 5.38. The van der Waals surface area contributed by atoms with Crippen molar-refractivity contribution in [1.82, 2.24) is 9.80 Å². The Labute approximate surface area is 154 Å². The Morgan fingerprint density at radius 1 is 1.08 bits per heavy atom. The molecule has 0 saturated heterocycles. The van der Waals surface area contributed by atoms with Crippen molar-refractivity contribution >= 4 is 11.9 Å². The summed E-state index contributed by atoms with van der Waals surface area (Å²) < 4.78 is 4.69. The molecule has 0 radical (unpaired) electrons. The van der Waals surface area contributed by atoms with E-state index in [0.717, 1.165) is 13.0 Å². The van der Waals surface area contributed by atoms with Crippen molar-refractivity contribution in [2.24, 2.45) is 0 Å². The topological polar surface area (TPSA) is 49.9 Å². The number of nitrogens with zero attached hydrogens (tertiary/aromatic N) is 2. The molecule has 1 atom stereocenters. The van der Waals surface area contributed by atoms with E-state index in [4.69, 9.17) is 0 Å². The van der Waals surface area contributed by atoms with E-state index in [9.17, 15) is 9.59 Å². The molecule has 1 heterocycles. The number of fused-ring (bicyclic) bond motifs is 1. The minimum atomic E-state index is -0.403. The molecule has 0 bridgehead atoms. The third-order valence-electron chi connectivity index (χ3n) is 5.00. The monoisotopic (exact) mass is 352 g/mol. The summed E-state index contributed by atoms with van der Waals surface area (Å²) in [6, 6.07) is 15.3. The number of benzene rings is 2. The van der Waals surface area contributed by atoms with Crippen molar-refractivity contribution < 1.29 is 14.3 Å². The summed E-state index contributed by atoms with van der Waals surface area (Å²) in [4.78, 5) is 28.3. The van der Waals surface area contributed by atoms with Gasteiger partial charge in [0.25, 0.3) is 5.91 Å². The Morgan fingerprint density at radius 3 is 2.35 bits per heavy atom. The molecule has 0 aliphatic carbocycles. The summed E-state index contributed by atoms with van der Waals surface area (Å²) in [5.74, 6) is -0.450. The zero-order chi connectivity index (χ0) is 18.7. The van der Waals surface area contributed by atoms with Crippen LogP contribution in [0.5, 0.6) is 0 Å². The number of rotatable bonds is 4. The SMILES string of the molecule is COC(=O)c1ccc(C(=O)N(C)C[C@H]2Cc3ccccc3CN2C)cc1. The molecule has 0 N–H and O–H groups in total. The second-order valence-corrected chi connectivity index (χ2v) is 6.80. The van der Waals surface area contributed by atoms with Crippen LogP contribution >= 0.6 is 0 Å². The first-order valence-electron chi connectivity index (χ1n) is 8.70. The minimum absolute atomic E-state index is 0.0475. The summed E-state index contributed by atoms with van der Waals surface area (Å²) in [6.07, 6.45) is 0.936. The van der Waals surface area contributed by atoms with Crippen molar-refractivity contribution in [3.8, 4) is 0 Å². The van der Waals surface area contributed by atoms with Crippen LogP contribution in [0.2, 0.25) is 0 Å². The van der Waals surface area contributed by atoms with Crippen LogP contribution in [0.25, 0.3) is 0 Å². The first-order valence-corrected chi connectivity index (χ1v) is 8.70. The number of esters is 1. The molecule has 0 spiro atoms. The van der Waals surface area contributed by atoms with Crippen molar-refractivity contribution in [1.29, 1.82) is 0 Å². The molecule has 2 aromatic carbocycles. The van der Waals surface area contributed by atoms with Gasteiger partial charge in [-0.2, -0.15) is 0 Å². The average molecular weight is 352 g/mol. The lowest BCUT2D eigenvalue weighted by molar-refractivity contribution is 0.0599. The van der Waals surface area contributed by atoms with Crippen LogP contribution in [0, 0.1) is 0 Å². The summed E-state index contributed by atoms with van der Waals surface area (Å²) in [5.41, 5.74) is 3.73. The Bertz CT molecular complexity index is 801. The van der Waals surface area contributed by atoms with E-state index < -0.39 is 5.97 Å². The number of likely N-dealkylation sites (N-methyl/N-ethyl adjacent to an activating group) is 2. The lowest BCUT2D eigenvalue weighted by atomic mass is 9.94. The largest absolute Gasteiger partial charge is 0.465 e. The van der Waals surface area contributed by atoms with Gasteiger partial charge in [-0.1, -0.05) is 24.3 Å². The summed E-state index contributed by atoms with van der Waals surface area (Å²) in [5, 5.41) is 0. The molecule has 0 unspecified atom stereocenters. The smallest absolute Gasteiger partial charge is 0.337 e. The van der Waals surface area contributed by atoms with Crippen LogP contribution in [-0.2, 0) is 17.7 Å². The van der Waals surface area contributed by atoms with Gasteiger partial charge in [0, 0.05) is 31.7 Å². The molecule has 2 aromatic rings. The number of carbonyl (C=O) groups excluding carboxylic acids is 2. The van der Waals surface area contributed by atoms with Gasteiger partial charge >= 0.3 is 5.97 Å². The van der Waals surface area contributed by atoms with Gasteiger partial charge in [-0.05, 0) is 48.9 Å².